The lowest BCUT2D eigenvalue weighted by molar-refractivity contribution is -0.284. The Labute approximate surface area is 217 Å². The van der Waals surface area contributed by atoms with Gasteiger partial charge < -0.3 is 23.7 Å². The highest BCUT2D eigenvalue weighted by Gasteiger charge is 2.53. The largest absolute Gasteiger partial charge is 0.374 e. The van der Waals surface area contributed by atoms with Crippen LogP contribution < -0.4 is 0 Å². The van der Waals surface area contributed by atoms with E-state index in [1.54, 1.807) is 0 Å². The van der Waals surface area contributed by atoms with E-state index in [0.29, 0.717) is 0 Å². The molecule has 0 aliphatic carbocycles. The summed E-state index contributed by atoms with van der Waals surface area (Å²) in [7, 11) is -3.18. The predicted octanol–water partition coefficient (Wildman–Crippen LogP) is 4.00. The molecular weight excluding hydrogens is 496 g/mol. The fraction of sp³-hybridized carbons (Fsp3) is 0.357. The van der Waals surface area contributed by atoms with Crippen molar-refractivity contribution < 1.29 is 36.7 Å². The normalized spacial score (nSPS) is 24.1. The quantitative estimate of drug-likeness (QED) is 0.352. The van der Waals surface area contributed by atoms with E-state index in [2.05, 4.69) is 0 Å². The molecule has 0 amide bonds. The molecule has 3 aromatic carbocycles. The highest BCUT2D eigenvalue weighted by atomic mass is 32.2. The lowest BCUT2D eigenvalue weighted by atomic mass is 10.0. The molecule has 0 unspecified atom stereocenters. The molecule has 1 aliphatic heterocycles. The van der Waals surface area contributed by atoms with Crippen LogP contribution in [0.25, 0.3) is 0 Å². The molecule has 1 saturated heterocycles. The second-order valence-corrected chi connectivity index (χ2v) is 10.4. The van der Waals surface area contributed by atoms with Crippen molar-refractivity contribution >= 4 is 10.1 Å². The number of rotatable bonds is 12. The van der Waals surface area contributed by atoms with E-state index in [4.69, 9.17) is 23.7 Å². The van der Waals surface area contributed by atoms with Gasteiger partial charge in [0.15, 0.2) is 6.29 Å². The summed E-state index contributed by atoms with van der Waals surface area (Å²) in [6.07, 6.45) is -4.04. The summed E-state index contributed by atoms with van der Waals surface area (Å²) < 4.78 is 65.4. The number of methoxy groups -OCH3 is 1. The van der Waals surface area contributed by atoms with E-state index in [-0.39, 0.29) is 26.4 Å². The minimum atomic E-state index is -4.64. The fourth-order valence-electron chi connectivity index (χ4n) is 4.33. The highest BCUT2D eigenvalue weighted by Crippen LogP contribution is 2.32. The third-order valence-electron chi connectivity index (χ3n) is 6.13. The zero-order chi connectivity index (χ0) is 26.1. The Kier molecular flexibility index (Phi) is 9.81. The van der Waals surface area contributed by atoms with Crippen molar-refractivity contribution in [2.24, 2.45) is 0 Å². The summed E-state index contributed by atoms with van der Waals surface area (Å²) in [5.74, 6) is 0. The molecule has 0 bridgehead atoms. The molecule has 9 heteroatoms. The summed E-state index contributed by atoms with van der Waals surface area (Å²) >= 11 is 0. The first kappa shape index (κ1) is 27.4. The molecule has 3 aromatic rings. The third kappa shape index (κ3) is 7.68. The molecule has 198 valence electrons. The Bertz CT molecular complexity index is 1170. The van der Waals surface area contributed by atoms with Gasteiger partial charge in [0.2, 0.25) is 0 Å². The van der Waals surface area contributed by atoms with Crippen molar-refractivity contribution in [1.82, 2.24) is 0 Å². The van der Waals surface area contributed by atoms with E-state index < -0.39 is 40.0 Å². The Balaban J connectivity index is 1.57. The molecule has 0 aromatic heterocycles. The molecule has 0 spiro atoms. The van der Waals surface area contributed by atoms with Crippen molar-refractivity contribution in [1.29, 1.82) is 0 Å². The van der Waals surface area contributed by atoms with Crippen molar-refractivity contribution in [2.45, 2.75) is 49.7 Å². The molecule has 1 fully saturated rings. The second kappa shape index (κ2) is 13.3. The number of hydrogen-bond acceptors (Lipinski definition) is 7. The summed E-state index contributed by atoms with van der Waals surface area (Å²) in [6.45, 7) is 0.430. The fourth-order valence-corrected chi connectivity index (χ4v) is 5.43. The van der Waals surface area contributed by atoms with Crippen molar-refractivity contribution in [3.63, 3.8) is 0 Å². The van der Waals surface area contributed by atoms with Crippen LogP contribution in [-0.4, -0.2) is 56.5 Å². The average molecular weight is 529 g/mol. The summed E-state index contributed by atoms with van der Waals surface area (Å²) in [4.78, 5) is 0. The first-order valence-electron chi connectivity index (χ1n) is 12.0. The average Bonchev–Trinajstić information content (AvgIpc) is 2.91. The Morgan fingerprint density at radius 2 is 1.19 bits per heavy atom. The van der Waals surface area contributed by atoms with Gasteiger partial charge in [0.05, 0.1) is 26.4 Å². The van der Waals surface area contributed by atoms with Crippen LogP contribution in [-0.2, 0) is 53.6 Å². The summed E-state index contributed by atoms with van der Waals surface area (Å²) in [6, 6.07) is 28.3. The number of benzene rings is 3. The van der Waals surface area contributed by atoms with Crippen LogP contribution in [0.1, 0.15) is 16.7 Å². The van der Waals surface area contributed by atoms with Gasteiger partial charge in [0.1, 0.15) is 23.6 Å². The van der Waals surface area contributed by atoms with Gasteiger partial charge in [0.25, 0.3) is 10.1 Å². The van der Waals surface area contributed by atoms with Gasteiger partial charge in [0, 0.05) is 7.11 Å². The Morgan fingerprint density at radius 1 is 0.730 bits per heavy atom. The maximum Gasteiger partial charge on any atom is 0.273 e. The van der Waals surface area contributed by atoms with Gasteiger partial charge >= 0.3 is 0 Å². The molecule has 0 radical (unpaired) electrons. The smallest absolute Gasteiger partial charge is 0.273 e. The monoisotopic (exact) mass is 528 g/mol. The maximum absolute atomic E-state index is 12.7. The van der Waals surface area contributed by atoms with Crippen LogP contribution in [0.5, 0.6) is 0 Å². The van der Waals surface area contributed by atoms with Gasteiger partial charge in [-0.3, -0.25) is 4.55 Å². The number of hydrogen-bond donors (Lipinski definition) is 1. The molecule has 8 nitrogen and oxygen atoms in total. The zero-order valence-corrected chi connectivity index (χ0v) is 21.4. The predicted molar refractivity (Wildman–Crippen MR) is 137 cm³/mol. The van der Waals surface area contributed by atoms with Gasteiger partial charge in [-0.15, -0.1) is 0 Å². The van der Waals surface area contributed by atoms with Crippen LogP contribution in [0.2, 0.25) is 0 Å². The number of ether oxygens (including phenoxy) is 5. The first-order chi connectivity index (χ1) is 18.0. The molecule has 0 saturated carbocycles. The lowest BCUT2D eigenvalue weighted by Crippen LogP contribution is -2.63. The van der Waals surface area contributed by atoms with Crippen molar-refractivity contribution in [3.05, 3.63) is 108 Å². The van der Waals surface area contributed by atoms with Crippen molar-refractivity contribution in [2.75, 3.05) is 13.7 Å². The standard InChI is InChI=1S/C28H32O8S/c1-32-28-26(35-19-23-15-9-4-10-16-23)25(34-18-22-13-7-3-8-14-22)27(37(29,30)31)24(36-28)20-33-17-21-11-5-2-6-12-21/h2-16,24-28H,17-20H2,1H3,(H,29,30,31)/t24-,25-,26-,27-,28+/m1/s1. The minimum Gasteiger partial charge on any atom is -0.374 e. The van der Waals surface area contributed by atoms with Crippen LogP contribution in [0.15, 0.2) is 91.0 Å². The minimum absolute atomic E-state index is 0.101. The van der Waals surface area contributed by atoms with E-state index in [9.17, 15) is 13.0 Å². The van der Waals surface area contributed by atoms with Gasteiger partial charge in [-0.1, -0.05) is 91.0 Å². The van der Waals surface area contributed by atoms with Crippen LogP contribution in [0.3, 0.4) is 0 Å². The molecule has 37 heavy (non-hydrogen) atoms. The van der Waals surface area contributed by atoms with E-state index in [1.165, 1.54) is 7.11 Å². The first-order valence-corrected chi connectivity index (χ1v) is 13.5. The molecule has 1 heterocycles. The summed E-state index contributed by atoms with van der Waals surface area (Å²) in [5.41, 5.74) is 2.65. The second-order valence-electron chi connectivity index (χ2n) is 8.78. The van der Waals surface area contributed by atoms with Gasteiger partial charge in [-0.05, 0) is 16.7 Å². The van der Waals surface area contributed by atoms with E-state index >= 15 is 0 Å². The van der Waals surface area contributed by atoms with Crippen LogP contribution in [0, 0.1) is 0 Å². The van der Waals surface area contributed by atoms with E-state index in [0.717, 1.165) is 16.7 Å². The Hall–Kier alpha value is -2.63. The molecule has 1 aliphatic rings. The van der Waals surface area contributed by atoms with Gasteiger partial charge in [-0.2, -0.15) is 8.42 Å². The third-order valence-corrected chi connectivity index (χ3v) is 7.39. The van der Waals surface area contributed by atoms with Crippen molar-refractivity contribution in [3.8, 4) is 0 Å². The molecule has 5 atom stereocenters. The molecule has 4 rings (SSSR count). The SMILES string of the molecule is CO[C@H]1O[C@H](COCc2ccccc2)[C@@H](S(=O)(=O)O)[C@H](OCc2ccccc2)[C@H]1OCc1ccccc1. The van der Waals surface area contributed by atoms with Crippen LogP contribution >= 0.6 is 0 Å². The topological polar surface area (TPSA) is 101 Å². The lowest BCUT2D eigenvalue weighted by Gasteiger charge is -2.44. The van der Waals surface area contributed by atoms with Crippen LogP contribution in [0.4, 0.5) is 0 Å². The summed E-state index contributed by atoms with van der Waals surface area (Å²) in [5, 5.41) is -1.46. The maximum atomic E-state index is 12.7. The zero-order valence-electron chi connectivity index (χ0n) is 20.6. The molecule has 1 N–H and O–H groups in total. The van der Waals surface area contributed by atoms with E-state index in [1.807, 2.05) is 91.0 Å². The Morgan fingerprint density at radius 3 is 1.65 bits per heavy atom. The molecular formula is C28H32O8S. The van der Waals surface area contributed by atoms with Gasteiger partial charge in [-0.25, -0.2) is 0 Å². The highest BCUT2D eigenvalue weighted by molar-refractivity contribution is 7.86.